The number of anilines is 2. The normalized spacial score (nSPS) is 22.9. The van der Waals surface area contributed by atoms with E-state index in [2.05, 4.69) is 23.7 Å². The van der Waals surface area contributed by atoms with Crippen molar-refractivity contribution in [3.63, 3.8) is 0 Å². The number of hydrogen-bond donors (Lipinski definition) is 1. The third kappa shape index (κ3) is 3.33. The van der Waals surface area contributed by atoms with Crippen LogP contribution in [0.3, 0.4) is 0 Å². The lowest BCUT2D eigenvalue weighted by Crippen LogP contribution is -2.44. The van der Waals surface area contributed by atoms with E-state index in [0.29, 0.717) is 24.1 Å². The molecule has 5 nitrogen and oxygen atoms in total. The molecule has 2 heterocycles. The van der Waals surface area contributed by atoms with Crippen LogP contribution in [0.2, 0.25) is 0 Å². The van der Waals surface area contributed by atoms with Gasteiger partial charge in [-0.25, -0.2) is 0 Å². The fourth-order valence-corrected chi connectivity index (χ4v) is 2.48. The van der Waals surface area contributed by atoms with Gasteiger partial charge in [0.15, 0.2) is 0 Å². The number of nitrogen functional groups attached to an aromatic ring is 1. The molecule has 112 valence electrons. The molecular weight excluding hydrogens is 254 g/mol. The molecule has 0 aromatic carbocycles. The molecule has 2 atom stereocenters. The van der Waals surface area contributed by atoms with Crippen molar-refractivity contribution < 1.29 is 9.47 Å². The number of methoxy groups -OCH3 is 1. The second kappa shape index (κ2) is 6.79. The van der Waals surface area contributed by atoms with Crippen LogP contribution in [0.15, 0.2) is 12.1 Å². The quantitative estimate of drug-likeness (QED) is 0.896. The number of nitrogens with two attached hydrogens (primary N) is 1. The van der Waals surface area contributed by atoms with Crippen LogP contribution in [-0.2, 0) is 4.74 Å². The van der Waals surface area contributed by atoms with Crippen LogP contribution in [0.4, 0.5) is 11.5 Å². The maximum absolute atomic E-state index is 5.90. The lowest BCUT2D eigenvalue weighted by molar-refractivity contribution is 0.0496. The van der Waals surface area contributed by atoms with Gasteiger partial charge in [-0.3, -0.25) is 0 Å². The van der Waals surface area contributed by atoms with Gasteiger partial charge in [-0.15, -0.1) is 0 Å². The highest BCUT2D eigenvalue weighted by Crippen LogP contribution is 2.27. The van der Waals surface area contributed by atoms with Crippen molar-refractivity contribution in [3.05, 3.63) is 12.1 Å². The van der Waals surface area contributed by atoms with Gasteiger partial charge in [-0.2, -0.15) is 4.98 Å². The van der Waals surface area contributed by atoms with Crippen molar-refractivity contribution in [1.29, 1.82) is 0 Å². The average Bonchev–Trinajstić information content (AvgIpc) is 2.47. The Bertz CT molecular complexity index is 439. The Morgan fingerprint density at radius 3 is 2.95 bits per heavy atom. The van der Waals surface area contributed by atoms with E-state index in [1.807, 2.05) is 12.1 Å². The lowest BCUT2D eigenvalue weighted by Gasteiger charge is -2.37. The number of piperidine rings is 1. The molecule has 1 aliphatic heterocycles. The zero-order valence-corrected chi connectivity index (χ0v) is 12.6. The van der Waals surface area contributed by atoms with E-state index in [0.717, 1.165) is 31.7 Å². The Kier molecular flexibility index (Phi) is 5.06. The van der Waals surface area contributed by atoms with Gasteiger partial charge in [0.05, 0.1) is 18.4 Å². The molecule has 1 aliphatic rings. The Morgan fingerprint density at radius 1 is 1.45 bits per heavy atom. The molecule has 0 bridgehead atoms. The van der Waals surface area contributed by atoms with Crippen LogP contribution in [0.1, 0.15) is 26.7 Å². The first-order valence-electron chi connectivity index (χ1n) is 7.32. The SMILES string of the molecule is CCCOc1nc(N2CCC(C)C(OC)C2)ccc1N. The van der Waals surface area contributed by atoms with Gasteiger partial charge in [0.1, 0.15) is 5.82 Å². The smallest absolute Gasteiger partial charge is 0.239 e. The van der Waals surface area contributed by atoms with Crippen molar-refractivity contribution in [1.82, 2.24) is 4.98 Å². The molecule has 1 aromatic heterocycles. The van der Waals surface area contributed by atoms with E-state index in [1.54, 1.807) is 7.11 Å². The Balaban J connectivity index is 2.12. The summed E-state index contributed by atoms with van der Waals surface area (Å²) in [6, 6.07) is 3.82. The number of rotatable bonds is 5. The van der Waals surface area contributed by atoms with E-state index < -0.39 is 0 Å². The number of aromatic nitrogens is 1. The first-order valence-corrected chi connectivity index (χ1v) is 7.32. The highest BCUT2D eigenvalue weighted by atomic mass is 16.5. The van der Waals surface area contributed by atoms with Crippen LogP contribution >= 0.6 is 0 Å². The maximum atomic E-state index is 5.90. The third-order valence-electron chi connectivity index (χ3n) is 3.83. The summed E-state index contributed by atoms with van der Waals surface area (Å²) in [6.07, 6.45) is 2.30. The van der Waals surface area contributed by atoms with E-state index in [-0.39, 0.29) is 6.10 Å². The summed E-state index contributed by atoms with van der Waals surface area (Å²) in [5.74, 6) is 2.04. The molecule has 0 radical (unpaired) electrons. The molecule has 20 heavy (non-hydrogen) atoms. The van der Waals surface area contributed by atoms with Crippen molar-refractivity contribution in [2.75, 3.05) is 37.4 Å². The molecule has 1 aromatic rings. The standard InChI is InChI=1S/C15H25N3O2/c1-4-9-20-15-12(16)5-6-14(17-15)18-8-7-11(2)13(10-18)19-3/h5-6,11,13H,4,7-10,16H2,1-3H3. The number of ether oxygens (including phenoxy) is 2. The van der Waals surface area contributed by atoms with Crippen LogP contribution < -0.4 is 15.4 Å². The van der Waals surface area contributed by atoms with Gasteiger partial charge in [0, 0.05) is 20.2 Å². The summed E-state index contributed by atoms with van der Waals surface area (Å²) in [7, 11) is 1.77. The topological polar surface area (TPSA) is 60.6 Å². The van der Waals surface area contributed by atoms with Gasteiger partial charge < -0.3 is 20.1 Å². The summed E-state index contributed by atoms with van der Waals surface area (Å²) in [5.41, 5.74) is 6.50. The largest absolute Gasteiger partial charge is 0.476 e. The van der Waals surface area contributed by atoms with E-state index in [1.165, 1.54) is 0 Å². The van der Waals surface area contributed by atoms with E-state index >= 15 is 0 Å². The number of nitrogens with zero attached hydrogens (tertiary/aromatic N) is 2. The van der Waals surface area contributed by atoms with Crippen molar-refractivity contribution in [2.45, 2.75) is 32.8 Å². The first kappa shape index (κ1) is 14.9. The zero-order chi connectivity index (χ0) is 14.5. The molecule has 1 saturated heterocycles. The van der Waals surface area contributed by atoms with Crippen molar-refractivity contribution in [2.24, 2.45) is 5.92 Å². The second-order valence-electron chi connectivity index (χ2n) is 5.40. The Hall–Kier alpha value is -1.49. The summed E-state index contributed by atoms with van der Waals surface area (Å²) in [4.78, 5) is 6.79. The molecule has 0 aliphatic carbocycles. The number of pyridine rings is 1. The average molecular weight is 279 g/mol. The van der Waals surface area contributed by atoms with Gasteiger partial charge in [-0.1, -0.05) is 13.8 Å². The number of hydrogen-bond acceptors (Lipinski definition) is 5. The predicted molar refractivity (Wildman–Crippen MR) is 81.2 cm³/mol. The maximum Gasteiger partial charge on any atom is 0.239 e. The molecule has 2 rings (SSSR count). The minimum Gasteiger partial charge on any atom is -0.476 e. The van der Waals surface area contributed by atoms with Gasteiger partial charge >= 0.3 is 0 Å². The van der Waals surface area contributed by atoms with Crippen molar-refractivity contribution in [3.8, 4) is 5.88 Å². The van der Waals surface area contributed by atoms with Crippen LogP contribution in [0.5, 0.6) is 5.88 Å². The van der Waals surface area contributed by atoms with Crippen LogP contribution in [0, 0.1) is 5.92 Å². The highest BCUT2D eigenvalue weighted by molar-refractivity contribution is 5.54. The highest BCUT2D eigenvalue weighted by Gasteiger charge is 2.27. The van der Waals surface area contributed by atoms with E-state index in [4.69, 9.17) is 15.2 Å². The Morgan fingerprint density at radius 2 is 2.25 bits per heavy atom. The zero-order valence-electron chi connectivity index (χ0n) is 12.6. The first-order chi connectivity index (χ1) is 9.65. The summed E-state index contributed by atoms with van der Waals surface area (Å²) in [6.45, 7) is 6.79. The molecular formula is C15H25N3O2. The summed E-state index contributed by atoms with van der Waals surface area (Å²) < 4.78 is 11.1. The van der Waals surface area contributed by atoms with Crippen molar-refractivity contribution >= 4 is 11.5 Å². The monoisotopic (exact) mass is 279 g/mol. The second-order valence-corrected chi connectivity index (χ2v) is 5.40. The molecule has 0 spiro atoms. The van der Waals surface area contributed by atoms with Gasteiger partial charge in [0.25, 0.3) is 0 Å². The molecule has 2 N–H and O–H groups in total. The summed E-state index contributed by atoms with van der Waals surface area (Å²) >= 11 is 0. The molecule has 5 heteroatoms. The molecule has 0 amide bonds. The minimum absolute atomic E-state index is 0.253. The Labute approximate surface area is 121 Å². The fraction of sp³-hybridized carbons (Fsp3) is 0.667. The predicted octanol–water partition coefficient (Wildman–Crippen LogP) is 2.31. The fourth-order valence-electron chi connectivity index (χ4n) is 2.48. The van der Waals surface area contributed by atoms with Gasteiger partial charge in [-0.05, 0) is 30.9 Å². The molecule has 0 saturated carbocycles. The van der Waals surface area contributed by atoms with Gasteiger partial charge in [0.2, 0.25) is 5.88 Å². The minimum atomic E-state index is 0.253. The molecule has 1 fully saturated rings. The third-order valence-corrected chi connectivity index (χ3v) is 3.83. The lowest BCUT2D eigenvalue weighted by atomic mass is 9.96. The molecule has 2 unspecified atom stereocenters. The summed E-state index contributed by atoms with van der Waals surface area (Å²) in [5, 5.41) is 0. The van der Waals surface area contributed by atoms with Crippen LogP contribution in [-0.4, -0.2) is 37.9 Å². The van der Waals surface area contributed by atoms with Crippen LogP contribution in [0.25, 0.3) is 0 Å². The van der Waals surface area contributed by atoms with E-state index in [9.17, 15) is 0 Å².